The molecule has 0 atom stereocenters. The second-order valence-corrected chi connectivity index (χ2v) is 9.52. The first-order valence-electron chi connectivity index (χ1n) is 11.6. The average molecular weight is 452 g/mol. The lowest BCUT2D eigenvalue weighted by Crippen LogP contribution is -2.50. The molecule has 2 aromatic rings. The van der Waals surface area contributed by atoms with Gasteiger partial charge in [0.05, 0.1) is 5.69 Å². The summed E-state index contributed by atoms with van der Waals surface area (Å²) in [5, 5.41) is 0. The highest BCUT2D eigenvalue weighted by Crippen LogP contribution is 2.35. The summed E-state index contributed by atoms with van der Waals surface area (Å²) in [6.45, 7) is 9.25. The van der Waals surface area contributed by atoms with Crippen molar-refractivity contribution in [2.75, 3.05) is 42.5 Å². The number of hydrogen-bond donors (Lipinski definition) is 0. The molecule has 2 aromatic carbocycles. The monoisotopic (exact) mass is 451 g/mol. The molecule has 0 bridgehead atoms. The van der Waals surface area contributed by atoms with Gasteiger partial charge in [0.15, 0.2) is 0 Å². The third kappa shape index (κ3) is 5.59. The Morgan fingerprint density at radius 3 is 2.24 bits per heavy atom. The van der Waals surface area contributed by atoms with E-state index in [9.17, 15) is 9.59 Å². The molecule has 2 heterocycles. The van der Waals surface area contributed by atoms with E-state index in [0.29, 0.717) is 19.6 Å². The Morgan fingerprint density at radius 1 is 0.848 bits per heavy atom. The molecule has 1 saturated heterocycles. The molecule has 2 aliphatic heterocycles. The van der Waals surface area contributed by atoms with E-state index < -0.39 is 5.60 Å². The summed E-state index contributed by atoms with van der Waals surface area (Å²) in [7, 11) is 0. The Hall–Kier alpha value is -3.22. The molecule has 0 aliphatic carbocycles. The van der Waals surface area contributed by atoms with Crippen LogP contribution in [0.2, 0.25) is 0 Å². The van der Waals surface area contributed by atoms with Gasteiger partial charge in [0.1, 0.15) is 12.2 Å². The van der Waals surface area contributed by atoms with Gasteiger partial charge in [-0.25, -0.2) is 9.59 Å². The van der Waals surface area contributed by atoms with Crippen molar-refractivity contribution in [2.24, 2.45) is 0 Å². The van der Waals surface area contributed by atoms with Crippen molar-refractivity contribution in [3.8, 4) is 0 Å². The highest BCUT2D eigenvalue weighted by molar-refractivity contribution is 5.91. The predicted octanol–water partition coefficient (Wildman–Crippen LogP) is 4.83. The number of rotatable bonds is 3. The van der Waals surface area contributed by atoms with Crippen LogP contribution in [-0.2, 0) is 22.5 Å². The summed E-state index contributed by atoms with van der Waals surface area (Å²) in [6.07, 6.45) is 1.24. The first-order chi connectivity index (χ1) is 15.8. The molecule has 0 saturated carbocycles. The number of amides is 2. The van der Waals surface area contributed by atoms with E-state index in [1.54, 1.807) is 9.80 Å². The van der Waals surface area contributed by atoms with Gasteiger partial charge in [-0.05, 0) is 56.9 Å². The summed E-state index contributed by atoms with van der Waals surface area (Å²) in [5.74, 6) is 0. The summed E-state index contributed by atoms with van der Waals surface area (Å²) < 4.78 is 11.1. The Morgan fingerprint density at radius 2 is 1.55 bits per heavy atom. The summed E-state index contributed by atoms with van der Waals surface area (Å²) >= 11 is 0. The van der Waals surface area contributed by atoms with Crippen LogP contribution in [0.1, 0.15) is 38.3 Å². The molecule has 176 valence electrons. The summed E-state index contributed by atoms with van der Waals surface area (Å²) in [4.78, 5) is 31.1. The number of benzene rings is 2. The van der Waals surface area contributed by atoms with Crippen molar-refractivity contribution >= 4 is 23.6 Å². The molecule has 33 heavy (non-hydrogen) atoms. The number of anilines is 2. The summed E-state index contributed by atoms with van der Waals surface area (Å²) in [5.41, 5.74) is 3.71. The fraction of sp³-hybridized carbons (Fsp3) is 0.462. The Kier molecular flexibility index (Phi) is 6.77. The van der Waals surface area contributed by atoms with Gasteiger partial charge in [0, 0.05) is 38.4 Å². The number of piperazine rings is 1. The van der Waals surface area contributed by atoms with Crippen LogP contribution in [0.5, 0.6) is 0 Å². The molecule has 1 fully saturated rings. The zero-order valence-electron chi connectivity index (χ0n) is 19.8. The number of ether oxygens (including phenoxy) is 2. The van der Waals surface area contributed by atoms with Gasteiger partial charge in [0.25, 0.3) is 0 Å². The molecule has 0 radical (unpaired) electrons. The highest BCUT2D eigenvalue weighted by atomic mass is 16.6. The van der Waals surface area contributed by atoms with E-state index in [4.69, 9.17) is 9.47 Å². The lowest BCUT2D eigenvalue weighted by molar-refractivity contribution is 0.0240. The van der Waals surface area contributed by atoms with E-state index in [2.05, 4.69) is 11.0 Å². The van der Waals surface area contributed by atoms with Gasteiger partial charge < -0.3 is 19.3 Å². The maximum Gasteiger partial charge on any atom is 0.414 e. The molecule has 0 N–H and O–H groups in total. The zero-order valence-corrected chi connectivity index (χ0v) is 19.8. The lowest BCUT2D eigenvalue weighted by Gasteiger charge is -2.39. The first-order valence-corrected chi connectivity index (χ1v) is 11.6. The molecule has 0 aromatic heterocycles. The van der Waals surface area contributed by atoms with E-state index in [0.717, 1.165) is 42.9 Å². The smallest absolute Gasteiger partial charge is 0.414 e. The van der Waals surface area contributed by atoms with Crippen LogP contribution in [0.4, 0.5) is 21.0 Å². The van der Waals surface area contributed by atoms with Gasteiger partial charge in [-0.3, -0.25) is 4.90 Å². The third-order valence-electron chi connectivity index (χ3n) is 5.92. The molecular weight excluding hydrogens is 418 g/mol. The number of carbonyl (C=O) groups is 2. The van der Waals surface area contributed by atoms with Crippen LogP contribution in [0.3, 0.4) is 0 Å². The van der Waals surface area contributed by atoms with E-state index >= 15 is 0 Å². The van der Waals surface area contributed by atoms with Crippen molar-refractivity contribution in [3.05, 3.63) is 59.7 Å². The molecule has 0 unspecified atom stereocenters. The normalized spacial score (nSPS) is 16.3. The van der Waals surface area contributed by atoms with Crippen molar-refractivity contribution in [3.63, 3.8) is 0 Å². The van der Waals surface area contributed by atoms with Crippen molar-refractivity contribution in [2.45, 2.75) is 45.8 Å². The van der Waals surface area contributed by atoms with Crippen LogP contribution in [0.25, 0.3) is 0 Å². The fourth-order valence-corrected chi connectivity index (χ4v) is 4.35. The Balaban J connectivity index is 1.43. The first kappa shape index (κ1) is 23.0. The average Bonchev–Trinajstić information content (AvgIpc) is 2.81. The molecule has 0 spiro atoms. The minimum Gasteiger partial charge on any atom is -0.444 e. The van der Waals surface area contributed by atoms with Gasteiger partial charge in [-0.1, -0.05) is 36.4 Å². The van der Waals surface area contributed by atoms with Crippen molar-refractivity contribution < 1.29 is 19.1 Å². The van der Waals surface area contributed by atoms with Gasteiger partial charge in [-0.15, -0.1) is 0 Å². The quantitative estimate of drug-likeness (QED) is 0.669. The number of carbonyl (C=O) groups excluding carboxylic acids is 2. The number of fused-ring (bicyclic) bond motifs is 1. The zero-order chi connectivity index (χ0) is 23.4. The van der Waals surface area contributed by atoms with Gasteiger partial charge >= 0.3 is 12.2 Å². The largest absolute Gasteiger partial charge is 0.444 e. The molecule has 4 rings (SSSR count). The fourth-order valence-electron chi connectivity index (χ4n) is 4.35. The van der Waals surface area contributed by atoms with Crippen molar-refractivity contribution in [1.82, 2.24) is 4.90 Å². The summed E-state index contributed by atoms with van der Waals surface area (Å²) in [6, 6.07) is 15.8. The van der Waals surface area contributed by atoms with E-state index in [1.807, 2.05) is 63.2 Å². The SMILES string of the molecule is CC(C)(C)OC(=O)N1CCN(c2cccc3c2CCCN3C(=O)OCc2ccccc2)CC1. The second-order valence-electron chi connectivity index (χ2n) is 9.52. The standard InChI is InChI=1S/C26H33N3O4/c1-26(2,3)33-24(30)28-17-15-27(16-18-28)22-12-7-13-23-21(22)11-8-14-29(23)25(31)32-19-20-9-5-4-6-10-20/h4-7,9-10,12-13H,8,11,14-19H2,1-3H3. The number of hydrogen-bond acceptors (Lipinski definition) is 5. The van der Waals surface area contributed by atoms with Crippen LogP contribution >= 0.6 is 0 Å². The molecular formula is C26H33N3O4. The maximum atomic E-state index is 12.9. The Labute approximate surface area is 195 Å². The van der Waals surface area contributed by atoms with Crippen LogP contribution in [-0.4, -0.2) is 55.4 Å². The van der Waals surface area contributed by atoms with Gasteiger partial charge in [-0.2, -0.15) is 0 Å². The molecule has 2 amide bonds. The van der Waals surface area contributed by atoms with Crippen molar-refractivity contribution in [1.29, 1.82) is 0 Å². The van der Waals surface area contributed by atoms with Crippen LogP contribution < -0.4 is 9.80 Å². The van der Waals surface area contributed by atoms with Gasteiger partial charge in [0.2, 0.25) is 0 Å². The van der Waals surface area contributed by atoms with Crippen LogP contribution in [0, 0.1) is 0 Å². The Bertz CT molecular complexity index is 979. The van der Waals surface area contributed by atoms with Crippen LogP contribution in [0.15, 0.2) is 48.5 Å². The molecule has 7 heteroatoms. The highest BCUT2D eigenvalue weighted by Gasteiger charge is 2.30. The topological polar surface area (TPSA) is 62.3 Å². The minimum absolute atomic E-state index is 0.260. The lowest BCUT2D eigenvalue weighted by atomic mass is 9.99. The maximum absolute atomic E-state index is 12.9. The molecule has 2 aliphatic rings. The van der Waals surface area contributed by atoms with E-state index in [-0.39, 0.29) is 18.8 Å². The minimum atomic E-state index is -0.495. The second kappa shape index (κ2) is 9.73. The molecule has 7 nitrogen and oxygen atoms in total. The van der Waals surface area contributed by atoms with E-state index in [1.165, 1.54) is 5.56 Å². The number of nitrogens with zero attached hydrogens (tertiary/aromatic N) is 3. The third-order valence-corrected chi connectivity index (χ3v) is 5.92. The predicted molar refractivity (Wildman–Crippen MR) is 129 cm³/mol.